The lowest BCUT2D eigenvalue weighted by Crippen LogP contribution is -2.33. The third kappa shape index (κ3) is 4.05. The Morgan fingerprint density at radius 3 is 2.80 bits per heavy atom. The number of hydrogen-bond donors (Lipinski definition) is 3. The molecule has 1 aliphatic rings. The van der Waals surface area contributed by atoms with Gasteiger partial charge in [-0.15, -0.1) is 0 Å². The van der Waals surface area contributed by atoms with Gasteiger partial charge in [-0.3, -0.25) is 4.79 Å². The molecular weight excluding hydrogens is 252 g/mol. The summed E-state index contributed by atoms with van der Waals surface area (Å²) in [4.78, 5) is 11.9. The second kappa shape index (κ2) is 7.41. The number of carbonyl (C=O) groups excluding carboxylic acids is 1. The highest BCUT2D eigenvalue weighted by molar-refractivity contribution is 5.92. The van der Waals surface area contributed by atoms with Crippen molar-refractivity contribution in [3.05, 3.63) is 29.8 Å². The minimum Gasteiger partial charge on any atom is -0.396 e. The number of amides is 1. The zero-order valence-corrected chi connectivity index (χ0v) is 12.1. The number of anilines is 1. The summed E-state index contributed by atoms with van der Waals surface area (Å²) >= 11 is 0. The van der Waals surface area contributed by atoms with Crippen molar-refractivity contribution in [3.63, 3.8) is 0 Å². The Bertz CT molecular complexity index is 448. The number of carbonyl (C=O) groups is 1. The molecule has 0 aromatic heterocycles. The molecule has 0 radical (unpaired) electrons. The predicted molar refractivity (Wildman–Crippen MR) is 80.6 cm³/mol. The van der Waals surface area contributed by atoms with Gasteiger partial charge < -0.3 is 15.7 Å². The third-order valence-corrected chi connectivity index (χ3v) is 4.16. The minimum absolute atomic E-state index is 0.0159. The Morgan fingerprint density at radius 2 is 2.05 bits per heavy atom. The van der Waals surface area contributed by atoms with Gasteiger partial charge in [-0.2, -0.15) is 0 Å². The first-order valence-electron chi connectivity index (χ1n) is 7.37. The van der Waals surface area contributed by atoms with Gasteiger partial charge in [0.15, 0.2) is 0 Å². The molecule has 0 spiro atoms. The number of aliphatic hydroxyl groups is 1. The topological polar surface area (TPSA) is 61.4 Å². The SMILES string of the molecule is Cc1ccccc1NC(=O)CNCC1CCCC1CO. The molecule has 110 valence electrons. The molecule has 0 heterocycles. The molecule has 20 heavy (non-hydrogen) atoms. The van der Waals surface area contributed by atoms with E-state index in [1.807, 2.05) is 31.2 Å². The van der Waals surface area contributed by atoms with Crippen molar-refractivity contribution >= 4 is 11.6 Å². The molecule has 0 bridgehead atoms. The highest BCUT2D eigenvalue weighted by Gasteiger charge is 2.26. The van der Waals surface area contributed by atoms with Crippen LogP contribution in [0, 0.1) is 18.8 Å². The smallest absolute Gasteiger partial charge is 0.238 e. The van der Waals surface area contributed by atoms with Crippen molar-refractivity contribution in [2.24, 2.45) is 11.8 Å². The molecule has 1 aliphatic carbocycles. The lowest BCUT2D eigenvalue weighted by atomic mass is 9.97. The Kier molecular flexibility index (Phi) is 5.56. The molecule has 0 saturated heterocycles. The van der Waals surface area contributed by atoms with Gasteiger partial charge in [0, 0.05) is 12.3 Å². The number of rotatable bonds is 6. The summed E-state index contributed by atoms with van der Waals surface area (Å²) in [5, 5.41) is 15.4. The number of aryl methyl sites for hydroxylation is 1. The summed E-state index contributed by atoms with van der Waals surface area (Å²) < 4.78 is 0. The Morgan fingerprint density at radius 1 is 1.30 bits per heavy atom. The maximum atomic E-state index is 11.9. The second-order valence-corrected chi connectivity index (χ2v) is 5.63. The minimum atomic E-state index is -0.0159. The van der Waals surface area contributed by atoms with Crippen LogP contribution in [0.2, 0.25) is 0 Å². The second-order valence-electron chi connectivity index (χ2n) is 5.63. The standard InChI is InChI=1S/C16H24N2O2/c1-12-5-2-3-8-15(12)18-16(20)10-17-9-13-6-4-7-14(13)11-19/h2-3,5,8,13-14,17,19H,4,6-7,9-11H2,1H3,(H,18,20). The normalized spacial score (nSPS) is 21.9. The Balaban J connectivity index is 1.72. The summed E-state index contributed by atoms with van der Waals surface area (Å²) in [6.07, 6.45) is 3.45. The highest BCUT2D eigenvalue weighted by atomic mass is 16.3. The van der Waals surface area contributed by atoms with Gasteiger partial charge in [0.25, 0.3) is 0 Å². The van der Waals surface area contributed by atoms with Gasteiger partial charge >= 0.3 is 0 Å². The van der Waals surface area contributed by atoms with Crippen LogP contribution in [0.25, 0.3) is 0 Å². The third-order valence-electron chi connectivity index (χ3n) is 4.16. The lowest BCUT2D eigenvalue weighted by molar-refractivity contribution is -0.115. The van der Waals surface area contributed by atoms with E-state index in [9.17, 15) is 9.90 Å². The zero-order valence-electron chi connectivity index (χ0n) is 12.1. The van der Waals surface area contributed by atoms with E-state index in [1.165, 1.54) is 6.42 Å². The van der Waals surface area contributed by atoms with Gasteiger partial charge in [0.05, 0.1) is 6.54 Å². The van der Waals surface area contributed by atoms with E-state index >= 15 is 0 Å². The number of benzene rings is 1. The molecule has 3 N–H and O–H groups in total. The molecule has 1 fully saturated rings. The average Bonchev–Trinajstić information content (AvgIpc) is 2.89. The van der Waals surface area contributed by atoms with Crippen LogP contribution in [0.3, 0.4) is 0 Å². The largest absolute Gasteiger partial charge is 0.396 e. The van der Waals surface area contributed by atoms with Crippen molar-refractivity contribution in [2.45, 2.75) is 26.2 Å². The maximum Gasteiger partial charge on any atom is 0.238 e. The van der Waals surface area contributed by atoms with Crippen LogP contribution < -0.4 is 10.6 Å². The first-order chi connectivity index (χ1) is 9.70. The van der Waals surface area contributed by atoms with Gasteiger partial charge in [-0.25, -0.2) is 0 Å². The Hall–Kier alpha value is -1.39. The van der Waals surface area contributed by atoms with E-state index in [0.29, 0.717) is 18.4 Å². The van der Waals surface area contributed by atoms with E-state index in [2.05, 4.69) is 10.6 Å². The average molecular weight is 276 g/mol. The van der Waals surface area contributed by atoms with Crippen molar-refractivity contribution < 1.29 is 9.90 Å². The molecule has 4 nitrogen and oxygen atoms in total. The zero-order chi connectivity index (χ0) is 14.4. The van der Waals surface area contributed by atoms with E-state index in [-0.39, 0.29) is 12.5 Å². The van der Waals surface area contributed by atoms with Crippen LogP contribution in [0.15, 0.2) is 24.3 Å². The summed E-state index contributed by atoms with van der Waals surface area (Å²) in [5.74, 6) is 0.894. The van der Waals surface area contributed by atoms with Crippen LogP contribution in [0.5, 0.6) is 0 Å². The summed E-state index contributed by atoms with van der Waals surface area (Å²) in [5.41, 5.74) is 1.94. The van der Waals surface area contributed by atoms with Gasteiger partial charge in [0.2, 0.25) is 5.91 Å². The van der Waals surface area contributed by atoms with E-state index in [4.69, 9.17) is 0 Å². The number of nitrogens with one attached hydrogen (secondary N) is 2. The van der Waals surface area contributed by atoms with E-state index < -0.39 is 0 Å². The van der Waals surface area contributed by atoms with Crippen LogP contribution in [0.1, 0.15) is 24.8 Å². The molecule has 2 atom stereocenters. The predicted octanol–water partition coefficient (Wildman–Crippen LogP) is 1.93. The van der Waals surface area contributed by atoms with Crippen molar-refractivity contribution in [1.29, 1.82) is 0 Å². The molecule has 1 saturated carbocycles. The number of para-hydroxylation sites is 1. The van der Waals surface area contributed by atoms with Gasteiger partial charge in [-0.05, 0) is 49.8 Å². The molecule has 1 amide bonds. The molecular formula is C16H24N2O2. The fourth-order valence-electron chi connectivity index (χ4n) is 2.90. The summed E-state index contributed by atoms with van der Waals surface area (Å²) in [6, 6.07) is 7.76. The van der Waals surface area contributed by atoms with Crippen LogP contribution in [-0.4, -0.2) is 30.7 Å². The van der Waals surface area contributed by atoms with E-state index in [1.54, 1.807) is 0 Å². The van der Waals surface area contributed by atoms with Crippen molar-refractivity contribution in [2.75, 3.05) is 25.0 Å². The quantitative estimate of drug-likeness (QED) is 0.744. The maximum absolute atomic E-state index is 11.9. The van der Waals surface area contributed by atoms with Crippen molar-refractivity contribution in [1.82, 2.24) is 5.32 Å². The first kappa shape index (κ1) is 15.0. The molecule has 2 rings (SSSR count). The first-order valence-corrected chi connectivity index (χ1v) is 7.37. The Labute approximate surface area is 120 Å². The molecule has 1 aromatic carbocycles. The number of hydrogen-bond acceptors (Lipinski definition) is 3. The van der Waals surface area contributed by atoms with Crippen LogP contribution in [0.4, 0.5) is 5.69 Å². The van der Waals surface area contributed by atoms with Crippen LogP contribution >= 0.6 is 0 Å². The summed E-state index contributed by atoms with van der Waals surface area (Å²) in [7, 11) is 0. The summed E-state index contributed by atoms with van der Waals surface area (Å²) in [6.45, 7) is 3.38. The lowest BCUT2D eigenvalue weighted by Gasteiger charge is -2.17. The molecule has 2 unspecified atom stereocenters. The van der Waals surface area contributed by atoms with Gasteiger partial charge in [0.1, 0.15) is 0 Å². The fourth-order valence-corrected chi connectivity index (χ4v) is 2.90. The molecule has 1 aromatic rings. The van der Waals surface area contributed by atoms with Gasteiger partial charge in [-0.1, -0.05) is 24.6 Å². The van der Waals surface area contributed by atoms with Crippen molar-refractivity contribution in [3.8, 4) is 0 Å². The van der Waals surface area contributed by atoms with Crippen LogP contribution in [-0.2, 0) is 4.79 Å². The van der Waals surface area contributed by atoms with E-state index in [0.717, 1.165) is 30.6 Å². The monoisotopic (exact) mass is 276 g/mol. The highest BCUT2D eigenvalue weighted by Crippen LogP contribution is 2.30. The fraction of sp³-hybridized carbons (Fsp3) is 0.562. The molecule has 0 aliphatic heterocycles. The molecule has 4 heteroatoms. The number of aliphatic hydroxyl groups excluding tert-OH is 1.